The molecule has 1 amide bonds. The first-order valence-corrected chi connectivity index (χ1v) is 8.28. The van der Waals surface area contributed by atoms with Gasteiger partial charge < -0.3 is 10.6 Å². The molecule has 4 heteroatoms. The lowest BCUT2D eigenvalue weighted by molar-refractivity contribution is -0.123. The van der Waals surface area contributed by atoms with Crippen LogP contribution in [-0.2, 0) is 24.2 Å². The van der Waals surface area contributed by atoms with Gasteiger partial charge in [0.2, 0.25) is 5.91 Å². The Balaban J connectivity index is 1.56. The van der Waals surface area contributed by atoms with E-state index in [2.05, 4.69) is 46.5 Å². The lowest BCUT2D eigenvalue weighted by atomic mass is 9.95. The summed E-state index contributed by atoms with van der Waals surface area (Å²) in [5, 5.41) is 10.7. The van der Waals surface area contributed by atoms with Crippen LogP contribution in [-0.4, -0.2) is 18.0 Å². The van der Waals surface area contributed by atoms with Crippen LogP contribution in [0.15, 0.2) is 41.1 Å². The number of fused-ring (bicyclic) bond motifs is 1. The molecular weight excluding hydrogens is 280 g/mol. The fraction of sp³-hybridized carbons (Fsp3) is 0.353. The highest BCUT2D eigenvalue weighted by Gasteiger charge is 2.24. The van der Waals surface area contributed by atoms with E-state index >= 15 is 0 Å². The zero-order valence-corrected chi connectivity index (χ0v) is 13.0. The van der Waals surface area contributed by atoms with Crippen molar-refractivity contribution in [3.8, 4) is 0 Å². The van der Waals surface area contributed by atoms with Crippen molar-refractivity contribution in [1.82, 2.24) is 10.6 Å². The Morgan fingerprint density at radius 1 is 1.38 bits per heavy atom. The van der Waals surface area contributed by atoms with Gasteiger partial charge in [-0.2, -0.15) is 11.3 Å². The van der Waals surface area contributed by atoms with Crippen LogP contribution in [0.1, 0.15) is 23.6 Å². The van der Waals surface area contributed by atoms with Gasteiger partial charge in [-0.25, -0.2) is 0 Å². The molecule has 0 saturated carbocycles. The Hall–Kier alpha value is -1.65. The normalized spacial score (nSPS) is 18.8. The number of thiophene rings is 1. The fourth-order valence-corrected chi connectivity index (χ4v) is 3.48. The van der Waals surface area contributed by atoms with Crippen molar-refractivity contribution in [2.45, 2.75) is 38.4 Å². The summed E-state index contributed by atoms with van der Waals surface area (Å²) in [4.78, 5) is 12.4. The van der Waals surface area contributed by atoms with Gasteiger partial charge in [-0.3, -0.25) is 4.79 Å². The number of hydrogen-bond acceptors (Lipinski definition) is 3. The maximum absolute atomic E-state index is 12.4. The van der Waals surface area contributed by atoms with Crippen molar-refractivity contribution in [3.63, 3.8) is 0 Å². The van der Waals surface area contributed by atoms with Crippen molar-refractivity contribution in [2.24, 2.45) is 0 Å². The predicted octanol–water partition coefficient (Wildman–Crippen LogP) is 2.51. The average Bonchev–Trinajstić information content (AvgIpc) is 2.99. The lowest BCUT2D eigenvalue weighted by Gasteiger charge is -2.26. The minimum Gasteiger partial charge on any atom is -0.352 e. The summed E-state index contributed by atoms with van der Waals surface area (Å²) in [5.74, 6) is 0.104. The number of nitrogens with one attached hydrogen (secondary N) is 2. The molecule has 3 rings (SSSR count). The molecule has 0 aliphatic carbocycles. The fourth-order valence-electron chi connectivity index (χ4n) is 2.80. The molecule has 1 aliphatic heterocycles. The van der Waals surface area contributed by atoms with E-state index in [1.54, 1.807) is 11.3 Å². The third-order valence-electron chi connectivity index (χ3n) is 3.91. The predicted molar refractivity (Wildman–Crippen MR) is 86.4 cm³/mol. The molecule has 110 valence electrons. The van der Waals surface area contributed by atoms with Crippen molar-refractivity contribution in [2.75, 3.05) is 0 Å². The minimum atomic E-state index is -0.121. The van der Waals surface area contributed by atoms with Gasteiger partial charge in [0.05, 0.1) is 6.04 Å². The summed E-state index contributed by atoms with van der Waals surface area (Å²) in [6, 6.07) is 10.5. The molecule has 1 aromatic carbocycles. The van der Waals surface area contributed by atoms with Gasteiger partial charge in [0.25, 0.3) is 0 Å². The summed E-state index contributed by atoms with van der Waals surface area (Å²) in [5.41, 5.74) is 3.87. The molecule has 1 aromatic heterocycles. The first-order chi connectivity index (χ1) is 10.2. The maximum Gasteiger partial charge on any atom is 0.237 e. The Labute approximate surface area is 129 Å². The van der Waals surface area contributed by atoms with E-state index in [1.807, 2.05) is 12.1 Å². The van der Waals surface area contributed by atoms with Crippen LogP contribution in [0.3, 0.4) is 0 Å². The Morgan fingerprint density at radius 2 is 2.19 bits per heavy atom. The highest BCUT2D eigenvalue weighted by molar-refractivity contribution is 7.07. The number of carbonyl (C=O) groups is 1. The lowest BCUT2D eigenvalue weighted by Crippen LogP contribution is -2.50. The third-order valence-corrected chi connectivity index (χ3v) is 4.64. The zero-order valence-electron chi connectivity index (χ0n) is 12.1. The van der Waals surface area contributed by atoms with E-state index in [0.29, 0.717) is 0 Å². The van der Waals surface area contributed by atoms with Crippen molar-refractivity contribution in [3.05, 3.63) is 57.8 Å². The van der Waals surface area contributed by atoms with E-state index in [4.69, 9.17) is 0 Å². The summed E-state index contributed by atoms with van der Waals surface area (Å²) in [7, 11) is 0. The number of hydrogen-bond donors (Lipinski definition) is 2. The molecule has 2 heterocycles. The first kappa shape index (κ1) is 14.3. The molecule has 21 heavy (non-hydrogen) atoms. The highest BCUT2D eigenvalue weighted by Crippen LogP contribution is 2.16. The highest BCUT2D eigenvalue weighted by atomic mass is 32.1. The summed E-state index contributed by atoms with van der Waals surface area (Å²) in [6.45, 7) is 2.83. The van der Waals surface area contributed by atoms with Crippen LogP contribution < -0.4 is 10.6 Å². The molecule has 2 atom stereocenters. The van der Waals surface area contributed by atoms with Crippen LogP contribution in [0.2, 0.25) is 0 Å². The molecule has 0 bridgehead atoms. The van der Waals surface area contributed by atoms with Crippen LogP contribution in [0.5, 0.6) is 0 Å². The number of rotatable bonds is 4. The van der Waals surface area contributed by atoms with Crippen LogP contribution in [0.25, 0.3) is 0 Å². The second-order valence-electron chi connectivity index (χ2n) is 5.65. The molecule has 0 fully saturated rings. The van der Waals surface area contributed by atoms with Crippen molar-refractivity contribution >= 4 is 17.2 Å². The number of amides is 1. The summed E-state index contributed by atoms with van der Waals surface area (Å²) >= 11 is 1.70. The van der Waals surface area contributed by atoms with Gasteiger partial charge >= 0.3 is 0 Å². The van der Waals surface area contributed by atoms with E-state index < -0.39 is 0 Å². The molecule has 0 saturated heterocycles. The molecule has 2 unspecified atom stereocenters. The SMILES string of the molecule is CC(Cc1ccsc1)NC(=O)C1Cc2ccccc2CN1. The topological polar surface area (TPSA) is 41.1 Å². The molecule has 0 radical (unpaired) electrons. The van der Waals surface area contributed by atoms with Crippen molar-refractivity contribution in [1.29, 1.82) is 0 Å². The largest absolute Gasteiger partial charge is 0.352 e. The van der Waals surface area contributed by atoms with Crippen LogP contribution in [0, 0.1) is 0 Å². The van der Waals surface area contributed by atoms with Gasteiger partial charge in [-0.15, -0.1) is 0 Å². The van der Waals surface area contributed by atoms with Gasteiger partial charge in [0.1, 0.15) is 0 Å². The van der Waals surface area contributed by atoms with Gasteiger partial charge in [-0.05, 0) is 53.3 Å². The third kappa shape index (κ3) is 3.52. The molecule has 2 aromatic rings. The van der Waals surface area contributed by atoms with Gasteiger partial charge in [0, 0.05) is 12.6 Å². The second kappa shape index (κ2) is 6.41. The number of carbonyl (C=O) groups excluding carboxylic acids is 1. The standard InChI is InChI=1S/C17H20N2OS/c1-12(8-13-6-7-21-11-13)19-17(20)16-9-14-4-2-3-5-15(14)10-18-16/h2-7,11-12,16,18H,8-10H2,1H3,(H,19,20). The van der Waals surface area contributed by atoms with Gasteiger partial charge in [0.15, 0.2) is 0 Å². The molecule has 2 N–H and O–H groups in total. The zero-order chi connectivity index (χ0) is 14.7. The monoisotopic (exact) mass is 300 g/mol. The molecule has 0 spiro atoms. The first-order valence-electron chi connectivity index (χ1n) is 7.34. The van der Waals surface area contributed by atoms with E-state index in [1.165, 1.54) is 16.7 Å². The van der Waals surface area contributed by atoms with E-state index in [-0.39, 0.29) is 18.0 Å². The van der Waals surface area contributed by atoms with E-state index in [0.717, 1.165) is 19.4 Å². The molecule has 3 nitrogen and oxygen atoms in total. The van der Waals surface area contributed by atoms with Crippen molar-refractivity contribution < 1.29 is 4.79 Å². The van der Waals surface area contributed by atoms with Crippen LogP contribution >= 0.6 is 11.3 Å². The van der Waals surface area contributed by atoms with Gasteiger partial charge in [-0.1, -0.05) is 24.3 Å². The minimum absolute atomic E-state index is 0.104. The number of benzene rings is 1. The maximum atomic E-state index is 12.4. The quantitative estimate of drug-likeness (QED) is 0.911. The Morgan fingerprint density at radius 3 is 2.95 bits per heavy atom. The van der Waals surface area contributed by atoms with E-state index in [9.17, 15) is 4.79 Å². The summed E-state index contributed by atoms with van der Waals surface area (Å²) < 4.78 is 0. The van der Waals surface area contributed by atoms with Crippen LogP contribution in [0.4, 0.5) is 0 Å². The smallest absolute Gasteiger partial charge is 0.237 e. The Kier molecular flexibility index (Phi) is 4.36. The molecule has 1 aliphatic rings. The second-order valence-corrected chi connectivity index (χ2v) is 6.43. The summed E-state index contributed by atoms with van der Waals surface area (Å²) in [6.07, 6.45) is 1.66. The average molecular weight is 300 g/mol. The molecular formula is C17H20N2OS. The Bertz CT molecular complexity index is 609.